The van der Waals surface area contributed by atoms with Crippen molar-refractivity contribution in [2.24, 2.45) is 0 Å². The number of nitrogen functional groups attached to an aromatic ring is 1. The average Bonchev–Trinajstić information content (AvgIpc) is 2.68. The van der Waals surface area contributed by atoms with Gasteiger partial charge in [-0.1, -0.05) is 0 Å². The first kappa shape index (κ1) is 11.0. The molecule has 2 aromatic heterocycles. The van der Waals surface area contributed by atoms with E-state index in [0.717, 1.165) is 10.6 Å². The van der Waals surface area contributed by atoms with Crippen molar-refractivity contribution in [3.05, 3.63) is 40.1 Å². The Morgan fingerprint density at radius 2 is 2.38 bits per heavy atom. The van der Waals surface area contributed by atoms with Crippen LogP contribution in [0.15, 0.2) is 23.8 Å². The normalized spacial score (nSPS) is 12.6. The van der Waals surface area contributed by atoms with Gasteiger partial charge in [-0.15, -0.1) is 11.3 Å². The number of thiazole rings is 1. The molecule has 1 unspecified atom stereocenters. The number of pyridine rings is 1. The highest BCUT2D eigenvalue weighted by atomic mass is 32.1. The summed E-state index contributed by atoms with van der Waals surface area (Å²) in [5, 5.41) is 12.8. The number of nitrogens with zero attached hydrogens (tertiary/aromatic N) is 2. The fraction of sp³-hybridized carbons (Fsp3) is 0.273. The molecule has 84 valence electrons. The fourth-order valence-corrected chi connectivity index (χ4v) is 2.11. The summed E-state index contributed by atoms with van der Waals surface area (Å²) in [5.74, 6) is 0. The molecule has 0 saturated carbocycles. The minimum Gasteiger partial charge on any atom is -0.398 e. The van der Waals surface area contributed by atoms with Gasteiger partial charge in [-0.3, -0.25) is 4.98 Å². The Labute approximate surface area is 97.8 Å². The van der Waals surface area contributed by atoms with Crippen LogP contribution in [-0.4, -0.2) is 15.1 Å². The van der Waals surface area contributed by atoms with Gasteiger partial charge >= 0.3 is 0 Å². The van der Waals surface area contributed by atoms with Crippen molar-refractivity contribution in [3.63, 3.8) is 0 Å². The topological polar surface area (TPSA) is 72.0 Å². The van der Waals surface area contributed by atoms with E-state index >= 15 is 0 Å². The summed E-state index contributed by atoms with van der Waals surface area (Å²) in [7, 11) is 0. The first-order chi connectivity index (χ1) is 7.66. The molecule has 0 aliphatic carbocycles. The van der Waals surface area contributed by atoms with E-state index < -0.39 is 6.10 Å². The van der Waals surface area contributed by atoms with Crippen LogP contribution in [0.2, 0.25) is 0 Å². The number of rotatable bonds is 3. The van der Waals surface area contributed by atoms with Gasteiger partial charge in [-0.2, -0.15) is 0 Å². The molecule has 0 saturated heterocycles. The van der Waals surface area contributed by atoms with Gasteiger partial charge < -0.3 is 10.8 Å². The molecule has 4 nitrogen and oxygen atoms in total. The molecule has 5 heteroatoms. The Balaban J connectivity index is 2.13. The van der Waals surface area contributed by atoms with Crippen LogP contribution in [0, 0.1) is 6.92 Å². The summed E-state index contributed by atoms with van der Waals surface area (Å²) in [4.78, 5) is 8.23. The number of nitrogens with two attached hydrogens (primary N) is 1. The molecule has 0 aliphatic heterocycles. The molecule has 16 heavy (non-hydrogen) atoms. The summed E-state index contributed by atoms with van der Waals surface area (Å²) in [6, 6.07) is 1.73. The van der Waals surface area contributed by atoms with Gasteiger partial charge in [0.05, 0.1) is 10.7 Å². The van der Waals surface area contributed by atoms with E-state index in [4.69, 9.17) is 5.73 Å². The van der Waals surface area contributed by atoms with E-state index in [-0.39, 0.29) is 0 Å². The number of hydrogen-bond acceptors (Lipinski definition) is 5. The van der Waals surface area contributed by atoms with Crippen molar-refractivity contribution >= 4 is 17.0 Å². The molecule has 0 aromatic carbocycles. The maximum absolute atomic E-state index is 9.97. The van der Waals surface area contributed by atoms with E-state index in [1.54, 1.807) is 18.5 Å². The molecular weight excluding hydrogens is 222 g/mol. The third-order valence-corrected chi connectivity index (χ3v) is 3.12. The number of hydrogen-bond donors (Lipinski definition) is 2. The smallest absolute Gasteiger partial charge is 0.101 e. The molecule has 0 aliphatic rings. The maximum atomic E-state index is 9.97. The van der Waals surface area contributed by atoms with E-state index in [9.17, 15) is 5.11 Å². The highest BCUT2D eigenvalue weighted by molar-refractivity contribution is 7.09. The number of aryl methyl sites for hydroxylation is 1. The lowest BCUT2D eigenvalue weighted by Gasteiger charge is -2.09. The van der Waals surface area contributed by atoms with Crippen LogP contribution in [0.25, 0.3) is 0 Å². The monoisotopic (exact) mass is 235 g/mol. The Bertz CT molecular complexity index is 484. The second-order valence-corrected chi connectivity index (χ2v) is 4.65. The summed E-state index contributed by atoms with van der Waals surface area (Å²) in [6.07, 6.45) is 3.15. The van der Waals surface area contributed by atoms with E-state index in [1.165, 1.54) is 11.3 Å². The largest absolute Gasteiger partial charge is 0.398 e. The van der Waals surface area contributed by atoms with Crippen molar-refractivity contribution in [2.75, 3.05) is 5.73 Å². The number of aliphatic hydroxyl groups is 1. The Hall–Kier alpha value is -1.46. The van der Waals surface area contributed by atoms with Crippen LogP contribution >= 0.6 is 11.3 Å². The van der Waals surface area contributed by atoms with Gasteiger partial charge in [0.15, 0.2) is 0 Å². The van der Waals surface area contributed by atoms with E-state index in [0.29, 0.717) is 17.8 Å². The number of anilines is 1. The van der Waals surface area contributed by atoms with Crippen LogP contribution < -0.4 is 5.73 Å². The average molecular weight is 235 g/mol. The number of aromatic nitrogens is 2. The van der Waals surface area contributed by atoms with Crippen LogP contribution in [0.1, 0.15) is 22.4 Å². The standard InChI is InChI=1S/C11H13N3OS/c1-7-14-10(6-16-7)11(15)4-8-5-13-3-2-9(8)12/h2-3,5-6,11,15H,4H2,1H3,(H2,12,13). The second kappa shape index (κ2) is 4.59. The molecule has 0 fully saturated rings. The highest BCUT2D eigenvalue weighted by Crippen LogP contribution is 2.22. The van der Waals surface area contributed by atoms with Gasteiger partial charge in [0.1, 0.15) is 6.10 Å². The predicted molar refractivity (Wildman–Crippen MR) is 64.2 cm³/mol. The van der Waals surface area contributed by atoms with Gasteiger partial charge in [0, 0.05) is 29.9 Å². The first-order valence-corrected chi connectivity index (χ1v) is 5.83. The molecular formula is C11H13N3OS. The van der Waals surface area contributed by atoms with E-state index in [2.05, 4.69) is 9.97 Å². The molecule has 0 bridgehead atoms. The van der Waals surface area contributed by atoms with Crippen molar-refractivity contribution in [3.8, 4) is 0 Å². The molecule has 3 N–H and O–H groups in total. The highest BCUT2D eigenvalue weighted by Gasteiger charge is 2.13. The predicted octanol–water partition coefficient (Wildman–Crippen LogP) is 1.70. The molecule has 0 radical (unpaired) electrons. The molecule has 2 heterocycles. The van der Waals surface area contributed by atoms with Crippen LogP contribution in [0.5, 0.6) is 0 Å². The molecule has 2 aromatic rings. The van der Waals surface area contributed by atoms with Gasteiger partial charge in [-0.05, 0) is 18.6 Å². The molecule has 0 spiro atoms. The Kier molecular flexibility index (Phi) is 3.17. The maximum Gasteiger partial charge on any atom is 0.101 e. The SMILES string of the molecule is Cc1nc(C(O)Cc2cnccc2N)cs1. The number of aliphatic hydroxyl groups excluding tert-OH is 1. The molecule has 1 atom stereocenters. The lowest BCUT2D eigenvalue weighted by Crippen LogP contribution is -2.05. The first-order valence-electron chi connectivity index (χ1n) is 4.95. The van der Waals surface area contributed by atoms with Crippen molar-refractivity contribution in [1.29, 1.82) is 0 Å². The zero-order chi connectivity index (χ0) is 11.5. The molecule has 0 amide bonds. The van der Waals surface area contributed by atoms with Crippen molar-refractivity contribution in [1.82, 2.24) is 9.97 Å². The summed E-state index contributed by atoms with van der Waals surface area (Å²) in [6.45, 7) is 1.92. The third kappa shape index (κ3) is 2.37. The zero-order valence-corrected chi connectivity index (χ0v) is 9.74. The summed E-state index contributed by atoms with van der Waals surface area (Å²) in [5.41, 5.74) is 7.98. The summed E-state index contributed by atoms with van der Waals surface area (Å²) < 4.78 is 0. The van der Waals surface area contributed by atoms with Crippen LogP contribution in [0.3, 0.4) is 0 Å². The lowest BCUT2D eigenvalue weighted by atomic mass is 10.1. The molecule has 2 rings (SSSR count). The van der Waals surface area contributed by atoms with Crippen LogP contribution in [-0.2, 0) is 6.42 Å². The minimum absolute atomic E-state index is 0.447. The van der Waals surface area contributed by atoms with E-state index in [1.807, 2.05) is 12.3 Å². The quantitative estimate of drug-likeness (QED) is 0.849. The van der Waals surface area contributed by atoms with Crippen molar-refractivity contribution < 1.29 is 5.11 Å². The third-order valence-electron chi connectivity index (χ3n) is 2.33. The fourth-order valence-electron chi connectivity index (χ4n) is 1.45. The Morgan fingerprint density at radius 1 is 1.56 bits per heavy atom. The van der Waals surface area contributed by atoms with Crippen molar-refractivity contribution in [2.45, 2.75) is 19.4 Å². The van der Waals surface area contributed by atoms with Crippen LogP contribution in [0.4, 0.5) is 5.69 Å². The zero-order valence-electron chi connectivity index (χ0n) is 8.92. The lowest BCUT2D eigenvalue weighted by molar-refractivity contribution is 0.174. The Morgan fingerprint density at radius 3 is 3.00 bits per heavy atom. The summed E-state index contributed by atoms with van der Waals surface area (Å²) >= 11 is 1.53. The second-order valence-electron chi connectivity index (χ2n) is 3.59. The minimum atomic E-state index is -0.614. The van der Waals surface area contributed by atoms with Gasteiger partial charge in [0.25, 0.3) is 0 Å². The van der Waals surface area contributed by atoms with Gasteiger partial charge in [0.2, 0.25) is 0 Å². The van der Waals surface area contributed by atoms with Gasteiger partial charge in [-0.25, -0.2) is 4.98 Å².